The normalized spacial score (nSPS) is 11.1. The van der Waals surface area contributed by atoms with Gasteiger partial charge in [-0.05, 0) is 18.2 Å². The van der Waals surface area contributed by atoms with E-state index in [2.05, 4.69) is 0 Å². The average Bonchev–Trinajstić information content (AvgIpc) is 2.62. The summed E-state index contributed by atoms with van der Waals surface area (Å²) in [6.45, 7) is -0.691. The zero-order chi connectivity index (χ0) is 20.0. The first-order chi connectivity index (χ1) is 12.7. The molecule has 0 aliphatic carbocycles. The SMILES string of the molecule is Nc1cc(-n2cc(C(=O)O)c(=O)c3cc(F)c(F)c(Cl)c32)c(CO)cc1F. The van der Waals surface area contributed by atoms with Crippen LogP contribution in [0.2, 0.25) is 5.02 Å². The van der Waals surface area contributed by atoms with Crippen LogP contribution in [0.3, 0.4) is 0 Å². The summed E-state index contributed by atoms with van der Waals surface area (Å²) in [7, 11) is 0. The Hall–Kier alpha value is -3.04. The highest BCUT2D eigenvalue weighted by molar-refractivity contribution is 6.35. The monoisotopic (exact) mass is 398 g/mol. The van der Waals surface area contributed by atoms with E-state index >= 15 is 0 Å². The van der Waals surface area contributed by atoms with Gasteiger partial charge in [-0.25, -0.2) is 18.0 Å². The second-order valence-electron chi connectivity index (χ2n) is 5.59. The van der Waals surface area contributed by atoms with Crippen molar-refractivity contribution in [1.82, 2.24) is 4.57 Å². The summed E-state index contributed by atoms with van der Waals surface area (Å²) in [6.07, 6.45) is 0.821. The number of aliphatic hydroxyl groups is 1. The van der Waals surface area contributed by atoms with Crippen LogP contribution in [0.25, 0.3) is 16.6 Å². The van der Waals surface area contributed by atoms with Crippen LogP contribution >= 0.6 is 11.6 Å². The molecule has 2 aromatic carbocycles. The number of carboxylic acid groups (broad SMARTS) is 1. The van der Waals surface area contributed by atoms with Crippen LogP contribution in [0.5, 0.6) is 0 Å². The highest BCUT2D eigenvalue weighted by Crippen LogP contribution is 2.31. The molecule has 0 radical (unpaired) electrons. The lowest BCUT2D eigenvalue weighted by Crippen LogP contribution is -2.20. The number of anilines is 1. The summed E-state index contributed by atoms with van der Waals surface area (Å²) < 4.78 is 42.4. The van der Waals surface area contributed by atoms with Gasteiger partial charge >= 0.3 is 5.97 Å². The fourth-order valence-corrected chi connectivity index (χ4v) is 2.99. The second kappa shape index (κ2) is 6.60. The molecule has 0 unspecified atom stereocenters. The number of nitrogen functional groups attached to an aromatic ring is 1. The molecule has 0 bridgehead atoms. The summed E-state index contributed by atoms with van der Waals surface area (Å²) in [5.74, 6) is -5.38. The minimum Gasteiger partial charge on any atom is -0.477 e. The molecule has 1 aromatic heterocycles. The Morgan fingerprint density at radius 1 is 1.19 bits per heavy atom. The zero-order valence-electron chi connectivity index (χ0n) is 13.3. The first-order valence-corrected chi connectivity index (χ1v) is 7.70. The van der Waals surface area contributed by atoms with Crippen molar-refractivity contribution in [3.63, 3.8) is 0 Å². The molecule has 140 valence electrons. The first-order valence-electron chi connectivity index (χ1n) is 7.32. The van der Waals surface area contributed by atoms with Crippen LogP contribution in [0.1, 0.15) is 15.9 Å². The van der Waals surface area contributed by atoms with Crippen molar-refractivity contribution in [2.24, 2.45) is 0 Å². The Morgan fingerprint density at radius 2 is 1.85 bits per heavy atom. The Morgan fingerprint density at radius 3 is 2.44 bits per heavy atom. The third kappa shape index (κ3) is 2.90. The van der Waals surface area contributed by atoms with Crippen LogP contribution in [0, 0.1) is 17.5 Å². The fourth-order valence-electron chi connectivity index (χ4n) is 2.70. The number of aromatic carboxylic acids is 1. The van der Waals surface area contributed by atoms with Crippen LogP contribution < -0.4 is 11.2 Å². The van der Waals surface area contributed by atoms with E-state index in [0.717, 1.165) is 22.9 Å². The van der Waals surface area contributed by atoms with Crippen molar-refractivity contribution in [3.8, 4) is 5.69 Å². The topological polar surface area (TPSA) is 106 Å². The van der Waals surface area contributed by atoms with Gasteiger partial charge in [0.15, 0.2) is 11.6 Å². The van der Waals surface area contributed by atoms with Gasteiger partial charge in [0.2, 0.25) is 5.43 Å². The number of pyridine rings is 1. The maximum Gasteiger partial charge on any atom is 0.341 e. The van der Waals surface area contributed by atoms with E-state index in [9.17, 15) is 33.0 Å². The molecular formula is C17H10ClF3N2O4. The number of nitrogens with zero attached hydrogens (tertiary/aromatic N) is 1. The van der Waals surface area contributed by atoms with Crippen LogP contribution in [-0.2, 0) is 6.61 Å². The van der Waals surface area contributed by atoms with E-state index in [0.29, 0.717) is 6.07 Å². The summed E-state index contributed by atoms with van der Waals surface area (Å²) >= 11 is 5.87. The molecule has 1 heterocycles. The standard InChI is InChI=1S/C17H10ClF3N2O4/c18-13-14(21)10(20)2-7-15(13)23(4-8(16(7)25)17(26)27)12-3-11(22)9(19)1-6(12)5-24/h1-4,24H,5,22H2,(H,26,27). The van der Waals surface area contributed by atoms with E-state index in [-0.39, 0.29) is 22.5 Å². The first kappa shape index (κ1) is 18.7. The maximum absolute atomic E-state index is 14.0. The van der Waals surface area contributed by atoms with E-state index in [1.54, 1.807) is 0 Å². The molecule has 0 fully saturated rings. The van der Waals surface area contributed by atoms with Gasteiger partial charge in [0, 0.05) is 11.8 Å². The maximum atomic E-state index is 14.0. The van der Waals surface area contributed by atoms with Crippen LogP contribution in [-0.4, -0.2) is 20.7 Å². The molecule has 0 amide bonds. The van der Waals surface area contributed by atoms with Gasteiger partial charge in [0.25, 0.3) is 0 Å². The zero-order valence-corrected chi connectivity index (χ0v) is 14.0. The van der Waals surface area contributed by atoms with Crippen molar-refractivity contribution in [3.05, 3.63) is 68.2 Å². The molecule has 3 aromatic rings. The lowest BCUT2D eigenvalue weighted by atomic mass is 10.1. The molecule has 6 nitrogen and oxygen atoms in total. The second-order valence-corrected chi connectivity index (χ2v) is 5.97. The molecule has 0 atom stereocenters. The number of fused-ring (bicyclic) bond motifs is 1. The van der Waals surface area contributed by atoms with Gasteiger partial charge in [-0.3, -0.25) is 4.79 Å². The number of carboxylic acids is 1. The van der Waals surface area contributed by atoms with Gasteiger partial charge in [0.05, 0.1) is 28.9 Å². The molecule has 0 aliphatic rings. The van der Waals surface area contributed by atoms with Gasteiger partial charge in [-0.15, -0.1) is 0 Å². The number of aliphatic hydroxyl groups excluding tert-OH is 1. The summed E-state index contributed by atoms with van der Waals surface area (Å²) in [4.78, 5) is 23.8. The molecule has 4 N–H and O–H groups in total. The lowest BCUT2D eigenvalue weighted by molar-refractivity contribution is 0.0695. The Kier molecular flexibility index (Phi) is 4.58. The number of hydrogen-bond acceptors (Lipinski definition) is 4. The molecule has 27 heavy (non-hydrogen) atoms. The molecule has 10 heteroatoms. The predicted molar refractivity (Wildman–Crippen MR) is 91.7 cm³/mol. The number of hydrogen-bond donors (Lipinski definition) is 3. The smallest absolute Gasteiger partial charge is 0.341 e. The van der Waals surface area contributed by atoms with Crippen molar-refractivity contribution in [1.29, 1.82) is 0 Å². The van der Waals surface area contributed by atoms with E-state index < -0.39 is 51.4 Å². The number of rotatable bonds is 3. The minimum absolute atomic E-state index is 0.0520. The molecule has 0 saturated carbocycles. The van der Waals surface area contributed by atoms with Crippen LogP contribution in [0.15, 0.2) is 29.2 Å². The molecule has 0 spiro atoms. The van der Waals surface area contributed by atoms with E-state index in [1.165, 1.54) is 0 Å². The number of nitrogens with two attached hydrogens (primary N) is 1. The third-order valence-corrected chi connectivity index (χ3v) is 4.33. The quantitative estimate of drug-likeness (QED) is 0.465. The van der Waals surface area contributed by atoms with Gasteiger partial charge in [-0.2, -0.15) is 0 Å². The Bertz CT molecular complexity index is 1180. The number of aromatic nitrogens is 1. The molecule has 0 aliphatic heterocycles. The molecular weight excluding hydrogens is 389 g/mol. The van der Waals surface area contributed by atoms with Crippen LogP contribution in [0.4, 0.5) is 18.9 Å². The highest BCUT2D eigenvalue weighted by atomic mass is 35.5. The number of halogens is 4. The third-order valence-electron chi connectivity index (χ3n) is 3.98. The van der Waals surface area contributed by atoms with E-state index in [1.807, 2.05) is 0 Å². The Labute approximate surface area is 153 Å². The van der Waals surface area contributed by atoms with Crippen molar-refractivity contribution < 1.29 is 28.2 Å². The molecule has 3 rings (SSSR count). The summed E-state index contributed by atoms with van der Waals surface area (Å²) in [5.41, 5.74) is 2.85. The summed E-state index contributed by atoms with van der Waals surface area (Å²) in [6, 6.07) is 2.46. The fraction of sp³-hybridized carbons (Fsp3) is 0.0588. The van der Waals surface area contributed by atoms with Gasteiger partial charge < -0.3 is 20.5 Å². The van der Waals surface area contributed by atoms with Crippen molar-refractivity contribution in [2.45, 2.75) is 6.61 Å². The molecule has 0 saturated heterocycles. The lowest BCUT2D eigenvalue weighted by Gasteiger charge is -2.17. The largest absolute Gasteiger partial charge is 0.477 e. The highest BCUT2D eigenvalue weighted by Gasteiger charge is 2.23. The average molecular weight is 399 g/mol. The predicted octanol–water partition coefficient (Wildman–Crippen LogP) is 2.83. The minimum atomic E-state index is -1.63. The number of benzene rings is 2. The van der Waals surface area contributed by atoms with Gasteiger partial charge in [0.1, 0.15) is 16.4 Å². The Balaban J connectivity index is 2.59. The van der Waals surface area contributed by atoms with Crippen molar-refractivity contribution in [2.75, 3.05) is 5.73 Å². The van der Waals surface area contributed by atoms with E-state index in [4.69, 9.17) is 17.3 Å². The van der Waals surface area contributed by atoms with Gasteiger partial charge in [-0.1, -0.05) is 11.6 Å². The van der Waals surface area contributed by atoms with Crippen molar-refractivity contribution >= 4 is 34.2 Å². The summed E-state index contributed by atoms with van der Waals surface area (Å²) in [5, 5.41) is 17.5. The number of carbonyl (C=O) groups is 1.